The van der Waals surface area contributed by atoms with Crippen molar-refractivity contribution in [3.05, 3.63) is 30.1 Å². The van der Waals surface area contributed by atoms with Crippen molar-refractivity contribution in [3.63, 3.8) is 0 Å². The van der Waals surface area contributed by atoms with Gasteiger partial charge >= 0.3 is 0 Å². The Morgan fingerprint density at radius 1 is 1.26 bits per heavy atom. The molecule has 0 aliphatic heterocycles. The molecule has 8 nitrogen and oxygen atoms in total. The third kappa shape index (κ3) is 5.06. The van der Waals surface area contributed by atoms with Crippen molar-refractivity contribution in [1.29, 1.82) is 0 Å². The Bertz CT molecular complexity index is 923. The highest BCUT2D eigenvalue weighted by Gasteiger charge is 2.24. The van der Waals surface area contributed by atoms with E-state index in [9.17, 15) is 8.42 Å². The van der Waals surface area contributed by atoms with Gasteiger partial charge in [-0.05, 0) is 40.7 Å². The fourth-order valence-corrected chi connectivity index (χ4v) is 3.67. The topological polar surface area (TPSA) is 105 Å². The van der Waals surface area contributed by atoms with Crippen LogP contribution in [-0.4, -0.2) is 52.5 Å². The summed E-state index contributed by atoms with van der Waals surface area (Å²) in [6.45, 7) is 11.0. The number of aliphatic imine (C=N–C) groups is 1. The van der Waals surface area contributed by atoms with Gasteiger partial charge in [-0.25, -0.2) is 22.7 Å². The van der Waals surface area contributed by atoms with Crippen LogP contribution in [0.4, 0.5) is 11.5 Å². The maximum Gasteiger partial charge on any atom is 0.229 e. The highest BCUT2D eigenvalue weighted by molar-refractivity contribution is 7.88. The Kier molecular flexibility index (Phi) is 6.25. The van der Waals surface area contributed by atoms with Crippen LogP contribution < -0.4 is 10.5 Å². The lowest BCUT2D eigenvalue weighted by molar-refractivity contribution is -0.586. The molecule has 1 aliphatic carbocycles. The van der Waals surface area contributed by atoms with Gasteiger partial charge in [0.1, 0.15) is 23.6 Å². The maximum absolute atomic E-state index is 11.9. The molecule has 9 heteroatoms. The third-order valence-electron chi connectivity index (χ3n) is 4.09. The van der Waals surface area contributed by atoms with Crippen LogP contribution in [0.5, 0.6) is 0 Å². The summed E-state index contributed by atoms with van der Waals surface area (Å²) in [5.41, 5.74) is 8.37. The average molecular weight is 394 g/mol. The number of sulfonamides is 1. The van der Waals surface area contributed by atoms with Crippen LogP contribution in [-0.2, 0) is 16.6 Å². The number of nitrogens with zero attached hydrogens (tertiary/aromatic N) is 4. The normalized spacial score (nSPS) is 16.4. The largest absolute Gasteiger partial charge is 0.382 e. The summed E-state index contributed by atoms with van der Waals surface area (Å²) < 4.78 is 30.1. The van der Waals surface area contributed by atoms with Gasteiger partial charge in [-0.1, -0.05) is 0 Å². The minimum atomic E-state index is -3.47. The fraction of sp³-hybridized carbons (Fsp3) is 0.500. The number of aryl methyl sites for hydroxylation is 1. The molecule has 3 N–H and O–H groups in total. The van der Waals surface area contributed by atoms with Gasteiger partial charge in [0.05, 0.1) is 23.9 Å². The number of hydrogen-bond acceptors (Lipinski definition) is 5. The van der Waals surface area contributed by atoms with Gasteiger partial charge in [0.15, 0.2) is 0 Å². The Morgan fingerprint density at radius 3 is 2.37 bits per heavy atom. The number of nitrogens with two attached hydrogens (primary N) is 1. The van der Waals surface area contributed by atoms with E-state index in [4.69, 9.17) is 5.73 Å². The number of hydrogen-bond donors (Lipinski definition) is 2. The summed E-state index contributed by atoms with van der Waals surface area (Å²) in [6, 6.07) is 0.523. The minimum absolute atomic E-state index is 0.261. The molecule has 0 radical (unpaired) electrons. The molecular weight excluding hydrogens is 364 g/mol. The molecule has 0 amide bonds. The van der Waals surface area contributed by atoms with Gasteiger partial charge in [-0.3, -0.25) is 4.72 Å². The highest BCUT2D eigenvalue weighted by Crippen LogP contribution is 2.23. The molecule has 0 fully saturated rings. The van der Waals surface area contributed by atoms with Crippen LogP contribution in [0.15, 0.2) is 35.1 Å². The van der Waals surface area contributed by atoms with Crippen molar-refractivity contribution in [2.45, 2.75) is 53.2 Å². The SMILES string of the molecule is CCn1ncc(/N=C2/C=CC(=[N+](C(C)C)C(C)C)C=C2NS(C)(=O)=O)c1N. The summed E-state index contributed by atoms with van der Waals surface area (Å²) in [7, 11) is -3.47. The summed E-state index contributed by atoms with van der Waals surface area (Å²) >= 11 is 0. The molecule has 1 aromatic rings. The third-order valence-corrected chi connectivity index (χ3v) is 4.68. The number of nitrogen functional groups attached to an aromatic ring is 1. The van der Waals surface area contributed by atoms with E-state index >= 15 is 0 Å². The van der Waals surface area contributed by atoms with E-state index in [0.717, 1.165) is 12.0 Å². The zero-order valence-electron chi connectivity index (χ0n) is 16.8. The molecule has 1 aromatic heterocycles. The standard InChI is InChI=1S/C18H28N6O2S/c1-7-23-18(19)17(11-20-23)21-15-9-8-14(24(12(2)3)13(4)5)10-16(15)22-27(6,25)26/h8-13H,7H2,1-6H3,(H2,19,20,22)/p+1. The molecule has 2 rings (SSSR count). The van der Waals surface area contributed by atoms with Crippen molar-refractivity contribution in [1.82, 2.24) is 14.5 Å². The first kappa shape index (κ1) is 20.9. The van der Waals surface area contributed by atoms with E-state index in [0.29, 0.717) is 29.5 Å². The maximum atomic E-state index is 11.9. The lowest BCUT2D eigenvalue weighted by Crippen LogP contribution is -2.35. The lowest BCUT2D eigenvalue weighted by atomic mass is 10.1. The number of rotatable bonds is 6. The second-order valence-corrected chi connectivity index (χ2v) is 8.76. The first-order valence-corrected chi connectivity index (χ1v) is 10.9. The molecule has 27 heavy (non-hydrogen) atoms. The molecular formula is C18H29N6O2S+. The first-order valence-electron chi connectivity index (χ1n) is 8.96. The van der Waals surface area contributed by atoms with Crippen LogP contribution in [0, 0.1) is 0 Å². The van der Waals surface area contributed by atoms with Crippen LogP contribution in [0.3, 0.4) is 0 Å². The Hall–Kier alpha value is -2.42. The van der Waals surface area contributed by atoms with E-state index in [1.807, 2.05) is 13.0 Å². The Morgan fingerprint density at radius 2 is 1.89 bits per heavy atom. The van der Waals surface area contributed by atoms with Crippen molar-refractivity contribution >= 4 is 33.0 Å². The minimum Gasteiger partial charge on any atom is -0.382 e. The van der Waals surface area contributed by atoms with Crippen molar-refractivity contribution < 1.29 is 13.0 Å². The summed E-state index contributed by atoms with van der Waals surface area (Å²) in [4.78, 5) is 4.53. The molecule has 0 saturated heterocycles. The quantitative estimate of drug-likeness (QED) is 0.568. The Balaban J connectivity index is 2.58. The van der Waals surface area contributed by atoms with Gasteiger partial charge in [0, 0.05) is 18.7 Å². The Labute approximate surface area is 161 Å². The summed E-state index contributed by atoms with van der Waals surface area (Å²) in [5.74, 6) is 0.442. The molecule has 148 valence electrons. The van der Waals surface area contributed by atoms with E-state index in [1.54, 1.807) is 23.0 Å². The summed E-state index contributed by atoms with van der Waals surface area (Å²) in [5, 5.41) is 4.18. The van der Waals surface area contributed by atoms with Crippen molar-refractivity contribution in [2.75, 3.05) is 12.0 Å². The molecule has 0 saturated carbocycles. The van der Waals surface area contributed by atoms with Crippen molar-refractivity contribution in [2.24, 2.45) is 4.99 Å². The average Bonchev–Trinajstić information content (AvgIpc) is 2.87. The molecule has 0 atom stereocenters. The second kappa shape index (κ2) is 8.08. The smallest absolute Gasteiger partial charge is 0.229 e. The molecule has 1 heterocycles. The van der Waals surface area contributed by atoms with Gasteiger partial charge in [0.2, 0.25) is 15.7 Å². The summed E-state index contributed by atoms with van der Waals surface area (Å²) in [6.07, 6.45) is 8.23. The van der Waals surface area contributed by atoms with Gasteiger partial charge < -0.3 is 5.73 Å². The predicted octanol–water partition coefficient (Wildman–Crippen LogP) is 1.83. The molecule has 0 bridgehead atoms. The first-order chi connectivity index (χ1) is 12.5. The fourth-order valence-electron chi connectivity index (χ4n) is 3.11. The highest BCUT2D eigenvalue weighted by atomic mass is 32.2. The number of nitrogens with one attached hydrogen (secondary N) is 1. The second-order valence-electron chi connectivity index (χ2n) is 7.01. The van der Waals surface area contributed by atoms with Gasteiger partial charge in [0.25, 0.3) is 0 Å². The monoisotopic (exact) mass is 393 g/mol. The molecule has 0 aromatic carbocycles. The van der Waals surface area contributed by atoms with E-state index in [-0.39, 0.29) is 12.1 Å². The number of allylic oxidation sites excluding steroid dienone is 3. The number of anilines is 1. The van der Waals surface area contributed by atoms with Crippen LogP contribution in [0.2, 0.25) is 0 Å². The number of aromatic nitrogens is 2. The van der Waals surface area contributed by atoms with Crippen molar-refractivity contribution in [3.8, 4) is 0 Å². The van der Waals surface area contributed by atoms with Gasteiger partial charge in [-0.2, -0.15) is 5.10 Å². The van der Waals surface area contributed by atoms with E-state index in [2.05, 4.69) is 47.1 Å². The molecule has 0 unspecified atom stereocenters. The van der Waals surface area contributed by atoms with E-state index in [1.165, 1.54) is 0 Å². The molecule has 0 spiro atoms. The van der Waals surface area contributed by atoms with E-state index < -0.39 is 10.0 Å². The zero-order chi connectivity index (χ0) is 20.4. The van der Waals surface area contributed by atoms with Crippen LogP contribution in [0.1, 0.15) is 34.6 Å². The molecule has 1 aliphatic rings. The van der Waals surface area contributed by atoms with Gasteiger partial charge in [-0.15, -0.1) is 0 Å². The van der Waals surface area contributed by atoms with Crippen LogP contribution >= 0.6 is 0 Å². The van der Waals surface area contributed by atoms with Crippen LogP contribution in [0.25, 0.3) is 0 Å². The predicted molar refractivity (Wildman–Crippen MR) is 110 cm³/mol. The zero-order valence-corrected chi connectivity index (χ0v) is 17.6. The lowest BCUT2D eigenvalue weighted by Gasteiger charge is -2.17.